The van der Waals surface area contributed by atoms with Gasteiger partial charge in [0.05, 0.1) is 31.5 Å². The van der Waals surface area contributed by atoms with E-state index in [0.29, 0.717) is 32.2 Å². The first-order chi connectivity index (χ1) is 28.5. The first-order valence-electron chi connectivity index (χ1n) is 20.7. The van der Waals surface area contributed by atoms with Gasteiger partial charge in [-0.3, -0.25) is 0 Å². The van der Waals surface area contributed by atoms with Crippen LogP contribution in [-0.4, -0.2) is 47.0 Å². The average molecular weight is 817 g/mol. The Morgan fingerprint density at radius 1 is 0.593 bits per heavy atom. The lowest BCUT2D eigenvalue weighted by molar-refractivity contribution is -0.279. The molecule has 1 aliphatic heterocycles. The smallest absolute Gasteiger partial charge is 0.221 e. The molecular weight excluding hydrogens is 757 g/mol. The molecule has 312 valence electrons. The summed E-state index contributed by atoms with van der Waals surface area (Å²) < 4.78 is 54.9. The Morgan fingerprint density at radius 3 is 1.51 bits per heavy atom. The van der Waals surface area contributed by atoms with Crippen molar-refractivity contribution in [3.05, 3.63) is 172 Å². The molecule has 0 N–H and O–H groups in total. The fourth-order valence-corrected chi connectivity index (χ4v) is 9.29. The summed E-state index contributed by atoms with van der Waals surface area (Å²) in [5.74, 6) is -0.548. The van der Waals surface area contributed by atoms with E-state index in [9.17, 15) is 0 Å². The van der Waals surface area contributed by atoms with Crippen LogP contribution in [0.3, 0.4) is 0 Å². The zero-order valence-corrected chi connectivity index (χ0v) is 36.8. The largest absolute Gasteiger partial charge is 0.488 e. The highest BCUT2D eigenvalue weighted by molar-refractivity contribution is 6.74. The fraction of sp³-hybridized carbons (Fsp3) is 0.400. The molecule has 0 saturated carbocycles. The highest BCUT2D eigenvalue weighted by atomic mass is 28.4. The third kappa shape index (κ3) is 9.28. The summed E-state index contributed by atoms with van der Waals surface area (Å²) in [7, 11) is 0.958. The van der Waals surface area contributed by atoms with Crippen LogP contribution < -0.4 is 4.74 Å². The number of methoxy groups -OCH3 is 2. The van der Waals surface area contributed by atoms with E-state index in [1.807, 2.05) is 78.9 Å². The normalized spacial score (nSPS) is 24.3. The molecule has 0 bridgehead atoms. The molecule has 8 nitrogen and oxygen atoms in total. The fourth-order valence-electron chi connectivity index (χ4n) is 7.93. The van der Waals surface area contributed by atoms with E-state index < -0.39 is 44.6 Å². The van der Waals surface area contributed by atoms with E-state index in [-0.39, 0.29) is 11.1 Å². The summed E-state index contributed by atoms with van der Waals surface area (Å²) in [5, 5.41) is -0.106. The lowest BCUT2D eigenvalue weighted by atomic mass is 9.72. The van der Waals surface area contributed by atoms with Crippen molar-refractivity contribution in [3.63, 3.8) is 0 Å². The first-order valence-corrected chi connectivity index (χ1v) is 23.6. The van der Waals surface area contributed by atoms with E-state index in [2.05, 4.69) is 95.4 Å². The van der Waals surface area contributed by atoms with Gasteiger partial charge in [0.1, 0.15) is 42.9 Å². The standard InChI is InChI=1S/C50H60O8Si/c1-35-44(54-32-37-23-15-10-16-24-37)46(55-33-38-25-17-11-18-26-38)47(56-34-39-27-19-12-20-28-39)45(57-35)40-29-30-41(53-31-36-21-13-9-14-22-36)43-42(40)48(51-5)50(43,52-6)58-59(7,8)49(2,3)4/h9-30,35,44-48H,31-34H2,1-8H3/t35-,44+,45?,46+,47+,48?,50?/m0/s1. The van der Waals surface area contributed by atoms with Crippen molar-refractivity contribution < 1.29 is 37.6 Å². The van der Waals surface area contributed by atoms with E-state index in [4.69, 9.17) is 37.6 Å². The van der Waals surface area contributed by atoms with Crippen molar-refractivity contribution in [2.45, 2.75) is 115 Å². The van der Waals surface area contributed by atoms with Crippen LogP contribution in [0.15, 0.2) is 133 Å². The van der Waals surface area contributed by atoms with Gasteiger partial charge in [0.15, 0.2) is 8.32 Å². The highest BCUT2D eigenvalue weighted by Crippen LogP contribution is 2.62. The van der Waals surface area contributed by atoms with Gasteiger partial charge < -0.3 is 37.6 Å². The van der Waals surface area contributed by atoms with Crippen molar-refractivity contribution in [1.82, 2.24) is 0 Å². The van der Waals surface area contributed by atoms with Crippen LogP contribution >= 0.6 is 0 Å². The zero-order valence-electron chi connectivity index (χ0n) is 35.8. The summed E-state index contributed by atoms with van der Waals surface area (Å²) >= 11 is 0. The van der Waals surface area contributed by atoms with Gasteiger partial charge in [0.25, 0.3) is 0 Å². The summed E-state index contributed by atoms with van der Waals surface area (Å²) in [6.07, 6.45) is -3.10. The molecule has 7 atom stereocenters. The molecule has 1 heterocycles. The second kappa shape index (κ2) is 18.6. The summed E-state index contributed by atoms with van der Waals surface area (Å²) in [6.45, 7) is 14.7. The lowest BCUT2D eigenvalue weighted by Crippen LogP contribution is -2.59. The molecule has 1 saturated heterocycles. The predicted molar refractivity (Wildman–Crippen MR) is 232 cm³/mol. The second-order valence-corrected chi connectivity index (χ2v) is 21.8. The SMILES string of the molecule is COC1c2c(C3O[C@@H](C)[C@@H](OCc4ccccc4)[C@@H](OCc4ccccc4)[C@@H]3OCc3ccccc3)ccc(OCc3ccccc3)c2C1(OC)O[Si](C)(C)C(C)(C)C. The van der Waals surface area contributed by atoms with Gasteiger partial charge in [-0.15, -0.1) is 0 Å². The molecule has 5 aromatic rings. The molecular formula is C50H60O8Si. The number of benzene rings is 5. The quantitative estimate of drug-likeness (QED) is 0.0679. The van der Waals surface area contributed by atoms with E-state index in [1.165, 1.54) is 0 Å². The van der Waals surface area contributed by atoms with Crippen LogP contribution in [0.5, 0.6) is 5.75 Å². The number of hydrogen-bond donors (Lipinski definition) is 0. The molecule has 0 radical (unpaired) electrons. The van der Waals surface area contributed by atoms with Crippen molar-refractivity contribution in [2.75, 3.05) is 14.2 Å². The number of fused-ring (bicyclic) bond motifs is 1. The van der Waals surface area contributed by atoms with Crippen LogP contribution in [0, 0.1) is 0 Å². The van der Waals surface area contributed by atoms with Crippen molar-refractivity contribution in [3.8, 4) is 5.75 Å². The molecule has 0 amide bonds. The summed E-state index contributed by atoms with van der Waals surface area (Å²) in [4.78, 5) is 0. The molecule has 9 heteroatoms. The molecule has 0 spiro atoms. The van der Waals surface area contributed by atoms with Crippen molar-refractivity contribution in [2.24, 2.45) is 0 Å². The van der Waals surface area contributed by atoms with E-state index >= 15 is 0 Å². The minimum Gasteiger partial charge on any atom is -0.488 e. The Kier molecular flexibility index (Phi) is 13.6. The highest BCUT2D eigenvalue weighted by Gasteiger charge is 2.62. The Labute approximate surface area is 351 Å². The van der Waals surface area contributed by atoms with Gasteiger partial charge in [-0.25, -0.2) is 0 Å². The molecule has 59 heavy (non-hydrogen) atoms. The van der Waals surface area contributed by atoms with Gasteiger partial charge in [-0.1, -0.05) is 148 Å². The molecule has 5 aromatic carbocycles. The van der Waals surface area contributed by atoms with Crippen LogP contribution in [0.1, 0.15) is 78.8 Å². The number of rotatable bonds is 17. The molecule has 2 aliphatic rings. The van der Waals surface area contributed by atoms with Crippen molar-refractivity contribution >= 4 is 8.32 Å². The van der Waals surface area contributed by atoms with Crippen LogP contribution in [0.4, 0.5) is 0 Å². The molecule has 3 unspecified atom stereocenters. The Balaban J connectivity index is 1.34. The first kappa shape index (κ1) is 42.9. The monoisotopic (exact) mass is 816 g/mol. The molecule has 1 aliphatic carbocycles. The van der Waals surface area contributed by atoms with Crippen molar-refractivity contribution in [1.29, 1.82) is 0 Å². The van der Waals surface area contributed by atoms with Gasteiger partial charge in [-0.05, 0) is 58.9 Å². The Morgan fingerprint density at radius 2 is 1.05 bits per heavy atom. The Bertz CT molecular complexity index is 2070. The third-order valence-corrected chi connectivity index (χ3v) is 16.5. The van der Waals surface area contributed by atoms with Crippen LogP contribution in [0.2, 0.25) is 18.1 Å². The van der Waals surface area contributed by atoms with E-state index in [1.54, 1.807) is 14.2 Å². The topological polar surface area (TPSA) is 73.8 Å². The van der Waals surface area contributed by atoms with Gasteiger partial charge in [0.2, 0.25) is 5.79 Å². The maximum Gasteiger partial charge on any atom is 0.221 e. The summed E-state index contributed by atoms with van der Waals surface area (Å²) in [6, 6.07) is 44.9. The predicted octanol–water partition coefficient (Wildman–Crippen LogP) is 11.0. The Hall–Kier alpha value is -4.16. The lowest BCUT2D eigenvalue weighted by Gasteiger charge is -2.55. The van der Waals surface area contributed by atoms with Gasteiger partial charge >= 0.3 is 0 Å². The average Bonchev–Trinajstić information content (AvgIpc) is 3.24. The molecule has 1 fully saturated rings. The maximum atomic E-state index is 7.29. The summed E-state index contributed by atoms with van der Waals surface area (Å²) in [5.41, 5.74) is 6.86. The second-order valence-electron chi connectivity index (χ2n) is 17.1. The molecule has 0 aromatic heterocycles. The zero-order chi connectivity index (χ0) is 41.6. The number of hydrogen-bond acceptors (Lipinski definition) is 8. The third-order valence-electron chi connectivity index (χ3n) is 12.1. The minimum absolute atomic E-state index is 0.106. The van der Waals surface area contributed by atoms with Crippen LogP contribution in [-0.2, 0) is 65.1 Å². The minimum atomic E-state index is -2.45. The van der Waals surface area contributed by atoms with Crippen LogP contribution in [0.25, 0.3) is 0 Å². The van der Waals surface area contributed by atoms with Gasteiger partial charge in [0, 0.05) is 19.8 Å². The van der Waals surface area contributed by atoms with Gasteiger partial charge in [-0.2, -0.15) is 0 Å². The maximum absolute atomic E-state index is 7.29. The van der Waals surface area contributed by atoms with E-state index in [0.717, 1.165) is 38.9 Å². The molecule has 7 rings (SSSR count). The number of ether oxygens (including phenoxy) is 7.